The number of pyridine rings is 1. The highest BCUT2D eigenvalue weighted by atomic mass is 16.5. The maximum atomic E-state index is 11.4. The van der Waals surface area contributed by atoms with E-state index < -0.39 is 6.03 Å². The van der Waals surface area contributed by atoms with E-state index in [1.54, 1.807) is 18.3 Å². The predicted molar refractivity (Wildman–Crippen MR) is 57.4 cm³/mol. The fourth-order valence-corrected chi connectivity index (χ4v) is 2.06. The number of hydrogen-bond donors (Lipinski definition) is 2. The molecule has 2 aliphatic heterocycles. The molecule has 2 amide bonds. The van der Waals surface area contributed by atoms with Gasteiger partial charge in [-0.05, 0) is 12.1 Å². The molecule has 16 heavy (non-hydrogen) atoms. The Hall–Kier alpha value is -1.82. The predicted octanol–water partition coefficient (Wildman–Crippen LogP) is -0.299. The molecule has 84 valence electrons. The average molecular weight is 220 g/mol. The summed E-state index contributed by atoms with van der Waals surface area (Å²) in [6, 6.07) is 3.09. The minimum absolute atomic E-state index is 0.328. The summed E-state index contributed by atoms with van der Waals surface area (Å²) in [5.74, 6) is 1.13. The highest BCUT2D eigenvalue weighted by molar-refractivity contribution is 5.91. The van der Waals surface area contributed by atoms with Crippen LogP contribution >= 0.6 is 0 Å². The molecule has 0 radical (unpaired) electrons. The van der Waals surface area contributed by atoms with Crippen LogP contribution in [0.2, 0.25) is 0 Å². The number of fused-ring (bicyclic) bond motifs is 1. The standard InChI is InChI=1S/C10H12N4O2/c11-9(15)14-6-10(4-12-5-10)16-7-2-1-3-13-8(7)14/h1-3,12H,4-6H2,(H2,11,15). The van der Waals surface area contributed by atoms with E-state index in [9.17, 15) is 4.79 Å². The molecule has 1 spiro atoms. The van der Waals surface area contributed by atoms with E-state index in [0.29, 0.717) is 18.1 Å². The van der Waals surface area contributed by atoms with Gasteiger partial charge in [0.05, 0.1) is 6.54 Å². The number of aromatic nitrogens is 1. The fourth-order valence-electron chi connectivity index (χ4n) is 2.06. The van der Waals surface area contributed by atoms with Crippen LogP contribution in [0.1, 0.15) is 0 Å². The van der Waals surface area contributed by atoms with E-state index in [-0.39, 0.29) is 5.60 Å². The second-order valence-corrected chi connectivity index (χ2v) is 4.14. The molecule has 2 aliphatic rings. The van der Waals surface area contributed by atoms with Crippen LogP contribution in [0.3, 0.4) is 0 Å². The summed E-state index contributed by atoms with van der Waals surface area (Å²) in [4.78, 5) is 17.0. The highest BCUT2D eigenvalue weighted by Gasteiger charge is 2.46. The third-order valence-electron chi connectivity index (χ3n) is 2.94. The van der Waals surface area contributed by atoms with Gasteiger partial charge in [0, 0.05) is 19.3 Å². The van der Waals surface area contributed by atoms with Gasteiger partial charge in [-0.1, -0.05) is 0 Å². The largest absolute Gasteiger partial charge is 0.479 e. The minimum Gasteiger partial charge on any atom is -0.479 e. The normalized spacial score (nSPS) is 20.9. The zero-order valence-electron chi connectivity index (χ0n) is 8.64. The molecule has 3 rings (SSSR count). The molecule has 0 unspecified atom stereocenters. The lowest BCUT2D eigenvalue weighted by molar-refractivity contribution is 0.0166. The van der Waals surface area contributed by atoms with E-state index in [2.05, 4.69) is 10.3 Å². The summed E-state index contributed by atoms with van der Waals surface area (Å²) >= 11 is 0. The third kappa shape index (κ3) is 1.23. The Kier molecular flexibility index (Phi) is 1.81. The number of nitrogens with zero attached hydrogens (tertiary/aromatic N) is 2. The molecule has 0 saturated carbocycles. The number of urea groups is 1. The first kappa shape index (κ1) is 9.41. The third-order valence-corrected chi connectivity index (χ3v) is 2.94. The van der Waals surface area contributed by atoms with Gasteiger partial charge in [-0.15, -0.1) is 0 Å². The van der Waals surface area contributed by atoms with E-state index in [4.69, 9.17) is 10.5 Å². The molecule has 0 atom stereocenters. The molecule has 1 aromatic rings. The molecule has 6 nitrogen and oxygen atoms in total. The number of carbonyl (C=O) groups is 1. The maximum Gasteiger partial charge on any atom is 0.320 e. The first-order valence-electron chi connectivity index (χ1n) is 5.12. The number of nitrogens with one attached hydrogen (secondary N) is 1. The van der Waals surface area contributed by atoms with Crippen molar-refractivity contribution in [1.29, 1.82) is 0 Å². The monoisotopic (exact) mass is 220 g/mol. The second-order valence-electron chi connectivity index (χ2n) is 4.14. The quantitative estimate of drug-likeness (QED) is 0.629. The Balaban J connectivity index is 2.03. The Morgan fingerprint density at radius 1 is 1.62 bits per heavy atom. The van der Waals surface area contributed by atoms with Gasteiger partial charge in [0.1, 0.15) is 0 Å². The maximum absolute atomic E-state index is 11.4. The lowest BCUT2D eigenvalue weighted by Gasteiger charge is -2.48. The Morgan fingerprint density at radius 3 is 3.06 bits per heavy atom. The van der Waals surface area contributed by atoms with E-state index >= 15 is 0 Å². The summed E-state index contributed by atoms with van der Waals surface area (Å²) < 4.78 is 5.86. The van der Waals surface area contributed by atoms with Crippen LogP contribution in [0.15, 0.2) is 18.3 Å². The van der Waals surface area contributed by atoms with Crippen LogP contribution in [-0.2, 0) is 0 Å². The lowest BCUT2D eigenvalue weighted by Crippen LogP contribution is -2.70. The van der Waals surface area contributed by atoms with Gasteiger partial charge in [-0.3, -0.25) is 4.90 Å². The van der Waals surface area contributed by atoms with Crippen molar-refractivity contribution in [3.63, 3.8) is 0 Å². The van der Waals surface area contributed by atoms with Gasteiger partial charge >= 0.3 is 6.03 Å². The number of ether oxygens (including phenoxy) is 1. The Labute approximate surface area is 92.4 Å². The molecular weight excluding hydrogens is 208 g/mol. The van der Waals surface area contributed by atoms with Crippen LogP contribution in [0.4, 0.5) is 10.6 Å². The summed E-state index contributed by atoms with van der Waals surface area (Å²) in [5.41, 5.74) is 5.02. The van der Waals surface area contributed by atoms with Crippen LogP contribution in [-0.4, -0.2) is 36.3 Å². The van der Waals surface area contributed by atoms with Crippen molar-refractivity contribution in [2.75, 3.05) is 24.5 Å². The SMILES string of the molecule is NC(=O)N1CC2(CNC2)Oc2cccnc21. The molecule has 3 N–H and O–H groups in total. The number of rotatable bonds is 0. The van der Waals surface area contributed by atoms with Gasteiger partial charge in [0.15, 0.2) is 17.2 Å². The van der Waals surface area contributed by atoms with Crippen LogP contribution in [0.25, 0.3) is 0 Å². The molecule has 0 aliphatic carbocycles. The number of anilines is 1. The van der Waals surface area contributed by atoms with Gasteiger partial charge in [-0.2, -0.15) is 0 Å². The first-order valence-corrected chi connectivity index (χ1v) is 5.12. The Bertz CT molecular complexity index is 444. The summed E-state index contributed by atoms with van der Waals surface area (Å²) in [7, 11) is 0. The van der Waals surface area contributed by atoms with Crippen molar-refractivity contribution in [2.45, 2.75) is 5.60 Å². The number of primary amides is 1. The Morgan fingerprint density at radius 2 is 2.44 bits per heavy atom. The van der Waals surface area contributed by atoms with Crippen molar-refractivity contribution in [3.8, 4) is 5.75 Å². The van der Waals surface area contributed by atoms with Gasteiger partial charge < -0.3 is 15.8 Å². The summed E-state index contributed by atoms with van der Waals surface area (Å²) in [5, 5.41) is 3.14. The van der Waals surface area contributed by atoms with Gasteiger partial charge in [0.25, 0.3) is 0 Å². The molecule has 1 saturated heterocycles. The van der Waals surface area contributed by atoms with Crippen molar-refractivity contribution in [3.05, 3.63) is 18.3 Å². The van der Waals surface area contributed by atoms with Crippen LogP contribution < -0.4 is 20.7 Å². The van der Waals surface area contributed by atoms with Crippen LogP contribution in [0.5, 0.6) is 5.75 Å². The summed E-state index contributed by atoms with van der Waals surface area (Å²) in [6.07, 6.45) is 1.62. The fraction of sp³-hybridized carbons (Fsp3) is 0.400. The van der Waals surface area contributed by atoms with E-state index in [1.165, 1.54) is 4.90 Å². The second kappa shape index (κ2) is 3.08. The molecule has 1 aromatic heterocycles. The van der Waals surface area contributed by atoms with Crippen LogP contribution in [0, 0.1) is 0 Å². The van der Waals surface area contributed by atoms with E-state index in [1.807, 2.05) is 0 Å². The molecular formula is C10H12N4O2. The van der Waals surface area contributed by atoms with Crippen molar-refractivity contribution in [1.82, 2.24) is 10.3 Å². The molecule has 0 aromatic carbocycles. The van der Waals surface area contributed by atoms with Crippen molar-refractivity contribution >= 4 is 11.8 Å². The number of amides is 2. The average Bonchev–Trinajstić information content (AvgIpc) is 2.25. The first-order chi connectivity index (χ1) is 7.70. The minimum atomic E-state index is -0.491. The van der Waals surface area contributed by atoms with Crippen molar-refractivity contribution < 1.29 is 9.53 Å². The zero-order chi connectivity index (χ0) is 11.2. The zero-order valence-corrected chi connectivity index (χ0v) is 8.64. The molecule has 6 heteroatoms. The van der Waals surface area contributed by atoms with E-state index in [0.717, 1.165) is 13.1 Å². The lowest BCUT2D eigenvalue weighted by atomic mass is 9.94. The van der Waals surface area contributed by atoms with Gasteiger partial charge in [-0.25, -0.2) is 9.78 Å². The number of hydrogen-bond acceptors (Lipinski definition) is 4. The van der Waals surface area contributed by atoms with Crippen molar-refractivity contribution in [2.24, 2.45) is 5.73 Å². The molecule has 3 heterocycles. The molecule has 0 bridgehead atoms. The number of carbonyl (C=O) groups excluding carboxylic acids is 1. The van der Waals surface area contributed by atoms with Gasteiger partial charge in [0.2, 0.25) is 0 Å². The summed E-state index contributed by atoms with van der Waals surface area (Å²) in [6.45, 7) is 1.91. The number of nitrogens with two attached hydrogens (primary N) is 1. The topological polar surface area (TPSA) is 80.5 Å². The smallest absolute Gasteiger partial charge is 0.320 e. The molecule has 1 fully saturated rings. The highest BCUT2D eigenvalue weighted by Crippen LogP contribution is 2.36.